The van der Waals surface area contributed by atoms with Crippen molar-refractivity contribution in [1.82, 2.24) is 10.6 Å². The van der Waals surface area contributed by atoms with Crippen molar-refractivity contribution in [3.8, 4) is 0 Å². The normalized spacial score (nSPS) is 13.1. The summed E-state index contributed by atoms with van der Waals surface area (Å²) in [6, 6.07) is 8.92. The van der Waals surface area contributed by atoms with Crippen molar-refractivity contribution in [3.05, 3.63) is 35.9 Å². The van der Waals surface area contributed by atoms with Gasteiger partial charge in [0.05, 0.1) is 0 Å². The van der Waals surface area contributed by atoms with Gasteiger partial charge in [-0.2, -0.15) is 0 Å². The highest BCUT2D eigenvalue weighted by atomic mass is 16.6. The van der Waals surface area contributed by atoms with Gasteiger partial charge in [-0.05, 0) is 31.7 Å². The number of alkyl carbamates (subject to hydrolysis) is 1. The molecular formula is C19H30N2O3. The van der Waals surface area contributed by atoms with Crippen molar-refractivity contribution in [2.24, 2.45) is 5.41 Å². The first-order valence-corrected chi connectivity index (χ1v) is 8.27. The Labute approximate surface area is 145 Å². The predicted octanol–water partition coefficient (Wildman–Crippen LogP) is 3.28. The molecule has 0 bridgehead atoms. The molecule has 2 amide bonds. The zero-order valence-electron chi connectivity index (χ0n) is 15.6. The molecule has 0 spiro atoms. The molecule has 0 saturated heterocycles. The zero-order chi connectivity index (χ0) is 18.4. The summed E-state index contributed by atoms with van der Waals surface area (Å²) in [5.74, 6) is -0.209. The molecule has 134 valence electrons. The number of nitrogens with one attached hydrogen (secondary N) is 2. The third-order valence-electron chi connectivity index (χ3n) is 3.08. The Morgan fingerprint density at radius 1 is 1.04 bits per heavy atom. The van der Waals surface area contributed by atoms with E-state index in [1.54, 1.807) is 20.8 Å². The van der Waals surface area contributed by atoms with Gasteiger partial charge in [0.2, 0.25) is 5.91 Å². The van der Waals surface area contributed by atoms with Crippen LogP contribution in [-0.2, 0) is 16.0 Å². The number of carbonyl (C=O) groups is 2. The largest absolute Gasteiger partial charge is 0.444 e. The molecule has 2 N–H and O–H groups in total. The van der Waals surface area contributed by atoms with Gasteiger partial charge in [0, 0.05) is 13.0 Å². The summed E-state index contributed by atoms with van der Waals surface area (Å²) in [5, 5.41) is 5.59. The van der Waals surface area contributed by atoms with Crippen LogP contribution >= 0.6 is 0 Å². The van der Waals surface area contributed by atoms with E-state index in [9.17, 15) is 9.59 Å². The summed E-state index contributed by atoms with van der Waals surface area (Å²) in [7, 11) is 0. The van der Waals surface area contributed by atoms with E-state index in [2.05, 4.69) is 10.6 Å². The second-order valence-electron chi connectivity index (χ2n) is 8.17. The lowest BCUT2D eigenvalue weighted by Crippen LogP contribution is -2.50. The molecule has 0 heterocycles. The SMILES string of the molecule is CC(C)(C)CNC(=O)[C@H](Cc1ccccc1)NC(=O)OC(C)(C)C. The van der Waals surface area contributed by atoms with Gasteiger partial charge in [-0.3, -0.25) is 4.79 Å². The Bertz CT molecular complexity index is 542. The molecule has 0 aliphatic heterocycles. The van der Waals surface area contributed by atoms with E-state index in [-0.39, 0.29) is 11.3 Å². The minimum atomic E-state index is -0.676. The first-order valence-electron chi connectivity index (χ1n) is 8.27. The summed E-state index contributed by atoms with van der Waals surface area (Å²) in [6.45, 7) is 12.0. The molecule has 0 aliphatic carbocycles. The summed E-state index contributed by atoms with van der Waals surface area (Å²) >= 11 is 0. The van der Waals surface area contributed by atoms with Crippen LogP contribution in [0.4, 0.5) is 4.79 Å². The van der Waals surface area contributed by atoms with E-state index in [0.717, 1.165) is 5.56 Å². The molecule has 1 atom stereocenters. The molecule has 0 saturated carbocycles. The van der Waals surface area contributed by atoms with Gasteiger partial charge >= 0.3 is 6.09 Å². The van der Waals surface area contributed by atoms with Crippen LogP contribution in [-0.4, -0.2) is 30.2 Å². The van der Waals surface area contributed by atoms with Crippen LogP contribution in [0.2, 0.25) is 0 Å². The second kappa shape index (κ2) is 8.18. The van der Waals surface area contributed by atoms with E-state index in [4.69, 9.17) is 4.74 Å². The Morgan fingerprint density at radius 3 is 2.12 bits per heavy atom. The monoisotopic (exact) mass is 334 g/mol. The molecular weight excluding hydrogens is 304 g/mol. The molecule has 0 radical (unpaired) electrons. The molecule has 5 nitrogen and oxygen atoms in total. The van der Waals surface area contributed by atoms with E-state index < -0.39 is 17.7 Å². The third-order valence-corrected chi connectivity index (χ3v) is 3.08. The fourth-order valence-corrected chi connectivity index (χ4v) is 1.98. The first kappa shape index (κ1) is 20.0. The molecule has 1 aromatic carbocycles. The Kier molecular flexibility index (Phi) is 6.81. The maximum atomic E-state index is 12.5. The van der Waals surface area contributed by atoms with Crippen LogP contribution in [0.3, 0.4) is 0 Å². The summed E-state index contributed by atoms with van der Waals surface area (Å²) in [4.78, 5) is 24.6. The average Bonchev–Trinajstić information content (AvgIpc) is 2.42. The second-order valence-corrected chi connectivity index (χ2v) is 8.17. The minimum absolute atomic E-state index is 0.0289. The maximum Gasteiger partial charge on any atom is 0.408 e. The topological polar surface area (TPSA) is 67.4 Å². The summed E-state index contributed by atoms with van der Waals surface area (Å²) in [6.07, 6.45) is -0.176. The van der Waals surface area contributed by atoms with Crippen molar-refractivity contribution in [3.63, 3.8) is 0 Å². The number of carbonyl (C=O) groups excluding carboxylic acids is 2. The van der Waals surface area contributed by atoms with Crippen LogP contribution in [0.25, 0.3) is 0 Å². The van der Waals surface area contributed by atoms with E-state index in [1.807, 2.05) is 51.1 Å². The molecule has 24 heavy (non-hydrogen) atoms. The Morgan fingerprint density at radius 2 is 1.62 bits per heavy atom. The highest BCUT2D eigenvalue weighted by Gasteiger charge is 2.25. The lowest BCUT2D eigenvalue weighted by atomic mass is 9.96. The first-order chi connectivity index (χ1) is 11.0. The molecule has 0 aliphatic rings. The minimum Gasteiger partial charge on any atom is -0.444 e. The van der Waals surface area contributed by atoms with Crippen LogP contribution in [0, 0.1) is 5.41 Å². The fourth-order valence-electron chi connectivity index (χ4n) is 1.98. The van der Waals surface area contributed by atoms with Gasteiger partial charge in [-0.1, -0.05) is 51.1 Å². The number of hydrogen-bond acceptors (Lipinski definition) is 3. The van der Waals surface area contributed by atoms with Gasteiger partial charge in [0.25, 0.3) is 0 Å². The van der Waals surface area contributed by atoms with Gasteiger partial charge in [0.15, 0.2) is 0 Å². The molecule has 0 unspecified atom stereocenters. The lowest BCUT2D eigenvalue weighted by molar-refractivity contribution is -0.123. The maximum absolute atomic E-state index is 12.5. The standard InChI is InChI=1S/C19H30N2O3/c1-18(2,3)13-20-16(22)15(12-14-10-8-7-9-11-14)21-17(23)24-19(4,5)6/h7-11,15H,12-13H2,1-6H3,(H,20,22)(H,21,23)/t15-/m0/s1. The molecule has 1 rings (SSSR count). The zero-order valence-corrected chi connectivity index (χ0v) is 15.6. The number of hydrogen-bond donors (Lipinski definition) is 2. The number of benzene rings is 1. The van der Waals surface area contributed by atoms with Crippen molar-refractivity contribution in [2.75, 3.05) is 6.54 Å². The number of rotatable bonds is 5. The molecule has 1 aromatic rings. The van der Waals surface area contributed by atoms with Crippen LogP contribution in [0.5, 0.6) is 0 Å². The van der Waals surface area contributed by atoms with E-state index in [0.29, 0.717) is 13.0 Å². The number of ether oxygens (including phenoxy) is 1. The van der Waals surface area contributed by atoms with Gasteiger partial charge in [-0.15, -0.1) is 0 Å². The number of amides is 2. The van der Waals surface area contributed by atoms with Crippen molar-refractivity contribution in [2.45, 2.75) is 59.6 Å². The predicted molar refractivity (Wildman–Crippen MR) is 95.8 cm³/mol. The average molecular weight is 334 g/mol. The van der Waals surface area contributed by atoms with E-state index >= 15 is 0 Å². The van der Waals surface area contributed by atoms with E-state index in [1.165, 1.54) is 0 Å². The van der Waals surface area contributed by atoms with Crippen LogP contribution in [0.15, 0.2) is 30.3 Å². The van der Waals surface area contributed by atoms with Crippen LogP contribution in [0.1, 0.15) is 47.1 Å². The Balaban J connectivity index is 2.78. The Hall–Kier alpha value is -2.04. The summed E-state index contributed by atoms with van der Waals surface area (Å²) in [5.41, 5.74) is 0.340. The van der Waals surface area contributed by atoms with Crippen molar-refractivity contribution >= 4 is 12.0 Å². The highest BCUT2D eigenvalue weighted by molar-refractivity contribution is 5.86. The van der Waals surface area contributed by atoms with Crippen molar-refractivity contribution < 1.29 is 14.3 Å². The molecule has 0 aromatic heterocycles. The molecule has 0 fully saturated rings. The fraction of sp³-hybridized carbons (Fsp3) is 0.579. The third kappa shape index (κ3) is 8.56. The van der Waals surface area contributed by atoms with Gasteiger partial charge in [0.1, 0.15) is 11.6 Å². The lowest BCUT2D eigenvalue weighted by Gasteiger charge is -2.25. The summed E-state index contributed by atoms with van der Waals surface area (Å²) < 4.78 is 5.27. The quantitative estimate of drug-likeness (QED) is 0.868. The van der Waals surface area contributed by atoms with Crippen molar-refractivity contribution in [1.29, 1.82) is 0 Å². The van der Waals surface area contributed by atoms with Gasteiger partial charge < -0.3 is 15.4 Å². The highest BCUT2D eigenvalue weighted by Crippen LogP contribution is 2.12. The molecule has 5 heteroatoms. The smallest absolute Gasteiger partial charge is 0.408 e. The van der Waals surface area contributed by atoms with Crippen LogP contribution < -0.4 is 10.6 Å². The van der Waals surface area contributed by atoms with Gasteiger partial charge in [-0.25, -0.2) is 4.79 Å².